The third-order valence-corrected chi connectivity index (χ3v) is 3.69. The Hall–Kier alpha value is -1.57. The van der Waals surface area contributed by atoms with Gasteiger partial charge in [-0.3, -0.25) is 0 Å². The van der Waals surface area contributed by atoms with Crippen LogP contribution < -0.4 is 4.90 Å². The van der Waals surface area contributed by atoms with Crippen LogP contribution in [0.2, 0.25) is 0 Å². The van der Waals surface area contributed by atoms with Crippen molar-refractivity contribution in [1.82, 2.24) is 4.90 Å². The zero-order valence-electron chi connectivity index (χ0n) is 11.8. The first-order chi connectivity index (χ1) is 8.99. The summed E-state index contributed by atoms with van der Waals surface area (Å²) in [5.41, 5.74) is 1.47. The minimum atomic E-state index is -0.118. The largest absolute Gasteiger partial charge is 0.394 e. The number of aliphatic hydroxyl groups is 1. The number of anilines is 1. The molecule has 4 nitrogen and oxygen atoms in total. The van der Waals surface area contributed by atoms with Crippen molar-refractivity contribution in [3.05, 3.63) is 29.8 Å². The highest BCUT2D eigenvalue weighted by atomic mass is 16.3. The Morgan fingerprint density at radius 1 is 1.42 bits per heavy atom. The van der Waals surface area contributed by atoms with Crippen molar-refractivity contribution in [2.75, 3.05) is 31.6 Å². The van der Waals surface area contributed by atoms with Gasteiger partial charge in [-0.15, -0.1) is 0 Å². The maximum Gasteiger partial charge on any atom is 0.101 e. The first-order valence-corrected chi connectivity index (χ1v) is 6.57. The zero-order chi connectivity index (χ0) is 14.0. The Kier molecular flexibility index (Phi) is 3.79. The molecule has 0 aliphatic carbocycles. The van der Waals surface area contributed by atoms with Gasteiger partial charge in [0, 0.05) is 18.6 Å². The number of nitrogens with zero attached hydrogens (tertiary/aromatic N) is 3. The molecular formula is C15H21N3O. The second-order valence-corrected chi connectivity index (χ2v) is 5.84. The first-order valence-electron chi connectivity index (χ1n) is 6.57. The molecule has 19 heavy (non-hydrogen) atoms. The average molecular weight is 259 g/mol. The van der Waals surface area contributed by atoms with Gasteiger partial charge in [-0.1, -0.05) is 12.1 Å². The third kappa shape index (κ3) is 2.58. The van der Waals surface area contributed by atoms with Crippen molar-refractivity contribution < 1.29 is 5.11 Å². The molecule has 0 aromatic heterocycles. The van der Waals surface area contributed by atoms with E-state index in [4.69, 9.17) is 0 Å². The summed E-state index contributed by atoms with van der Waals surface area (Å²) >= 11 is 0. The summed E-state index contributed by atoms with van der Waals surface area (Å²) in [7, 11) is 2.07. The molecule has 102 valence electrons. The molecule has 0 amide bonds. The van der Waals surface area contributed by atoms with E-state index in [1.54, 1.807) is 0 Å². The summed E-state index contributed by atoms with van der Waals surface area (Å²) in [5, 5.41) is 19.0. The van der Waals surface area contributed by atoms with Gasteiger partial charge in [-0.05, 0) is 33.0 Å². The van der Waals surface area contributed by atoms with Crippen LogP contribution in [0.3, 0.4) is 0 Å². The summed E-state index contributed by atoms with van der Waals surface area (Å²) < 4.78 is 0. The van der Waals surface area contributed by atoms with Crippen LogP contribution in [-0.2, 0) is 0 Å². The standard InChI is InChI=1S/C15H21N3O/c1-15(2)11-17(3)9-13(10-19)18(15)14-7-5-4-6-12(14)8-16/h4-7,13,19H,9-11H2,1-3H3. The lowest BCUT2D eigenvalue weighted by molar-refractivity contribution is 0.137. The van der Waals surface area contributed by atoms with E-state index in [0.29, 0.717) is 5.56 Å². The van der Waals surface area contributed by atoms with Gasteiger partial charge in [0.25, 0.3) is 0 Å². The predicted molar refractivity (Wildman–Crippen MR) is 76.1 cm³/mol. The fourth-order valence-electron chi connectivity index (χ4n) is 3.18. The molecule has 1 aromatic carbocycles. The van der Waals surface area contributed by atoms with Crippen LogP contribution in [0, 0.1) is 11.3 Å². The first kappa shape index (κ1) is 13.9. The zero-order valence-corrected chi connectivity index (χ0v) is 11.8. The fourth-order valence-corrected chi connectivity index (χ4v) is 3.18. The van der Waals surface area contributed by atoms with Crippen molar-refractivity contribution in [2.45, 2.75) is 25.4 Å². The van der Waals surface area contributed by atoms with E-state index >= 15 is 0 Å². The molecule has 1 unspecified atom stereocenters. The van der Waals surface area contributed by atoms with Gasteiger partial charge in [0.05, 0.1) is 23.9 Å². The number of nitriles is 1. The van der Waals surface area contributed by atoms with Gasteiger partial charge >= 0.3 is 0 Å². The summed E-state index contributed by atoms with van der Waals surface area (Å²) in [6, 6.07) is 9.88. The maximum absolute atomic E-state index is 9.69. The number of para-hydroxylation sites is 1. The molecule has 0 bridgehead atoms. The van der Waals surface area contributed by atoms with Crippen molar-refractivity contribution in [2.24, 2.45) is 0 Å². The molecular weight excluding hydrogens is 238 g/mol. The summed E-state index contributed by atoms with van der Waals surface area (Å²) in [6.45, 7) is 6.11. The highest BCUT2D eigenvalue weighted by Crippen LogP contribution is 2.33. The highest BCUT2D eigenvalue weighted by molar-refractivity contribution is 5.61. The monoisotopic (exact) mass is 259 g/mol. The lowest BCUT2D eigenvalue weighted by Gasteiger charge is -2.52. The summed E-state index contributed by atoms with van der Waals surface area (Å²) in [6.07, 6.45) is 0. The molecule has 4 heteroatoms. The lowest BCUT2D eigenvalue weighted by Crippen LogP contribution is -2.64. The molecule has 1 fully saturated rings. The van der Waals surface area contributed by atoms with Gasteiger partial charge < -0.3 is 14.9 Å². The van der Waals surface area contributed by atoms with E-state index in [0.717, 1.165) is 18.8 Å². The second kappa shape index (κ2) is 5.20. The van der Waals surface area contributed by atoms with Gasteiger partial charge in [-0.2, -0.15) is 5.26 Å². The van der Waals surface area contributed by atoms with Gasteiger partial charge in [0.15, 0.2) is 0 Å². The summed E-state index contributed by atoms with van der Waals surface area (Å²) in [5.74, 6) is 0. The molecule has 2 rings (SSSR count). The molecule has 1 aliphatic heterocycles. The minimum absolute atomic E-state index is 0.0169. The van der Waals surface area contributed by atoms with Crippen LogP contribution in [0.4, 0.5) is 5.69 Å². The molecule has 0 radical (unpaired) electrons. The highest BCUT2D eigenvalue weighted by Gasteiger charge is 2.39. The van der Waals surface area contributed by atoms with Gasteiger partial charge in [-0.25, -0.2) is 0 Å². The molecule has 0 spiro atoms. The number of benzene rings is 1. The van der Waals surface area contributed by atoms with Gasteiger partial charge in [0.1, 0.15) is 6.07 Å². The Balaban J connectivity index is 2.47. The Morgan fingerprint density at radius 2 is 2.11 bits per heavy atom. The molecule has 1 heterocycles. The molecule has 1 aliphatic rings. The number of hydrogen-bond acceptors (Lipinski definition) is 4. The normalized spacial score (nSPS) is 23.1. The maximum atomic E-state index is 9.69. The van der Waals surface area contributed by atoms with Crippen LogP contribution in [0.15, 0.2) is 24.3 Å². The Labute approximate surface area is 114 Å². The Morgan fingerprint density at radius 3 is 2.74 bits per heavy atom. The quantitative estimate of drug-likeness (QED) is 0.873. The lowest BCUT2D eigenvalue weighted by atomic mass is 9.93. The topological polar surface area (TPSA) is 50.5 Å². The molecule has 0 saturated carbocycles. The van der Waals surface area contributed by atoms with Crippen LogP contribution >= 0.6 is 0 Å². The van der Waals surface area contributed by atoms with E-state index in [1.165, 1.54) is 0 Å². The van der Waals surface area contributed by atoms with Crippen molar-refractivity contribution in [3.63, 3.8) is 0 Å². The summed E-state index contributed by atoms with van der Waals surface area (Å²) in [4.78, 5) is 4.43. The fraction of sp³-hybridized carbons (Fsp3) is 0.533. The number of aliphatic hydroxyl groups excluding tert-OH is 1. The van der Waals surface area contributed by atoms with Crippen molar-refractivity contribution in [1.29, 1.82) is 5.26 Å². The number of rotatable bonds is 2. The number of hydrogen-bond donors (Lipinski definition) is 1. The van der Waals surface area contributed by atoms with Crippen molar-refractivity contribution in [3.8, 4) is 6.07 Å². The van der Waals surface area contributed by atoms with E-state index in [9.17, 15) is 10.4 Å². The molecule has 1 atom stereocenters. The van der Waals surface area contributed by atoms with Crippen LogP contribution in [0.1, 0.15) is 19.4 Å². The molecule has 1 N–H and O–H groups in total. The van der Waals surface area contributed by atoms with Gasteiger partial charge in [0.2, 0.25) is 0 Å². The third-order valence-electron chi connectivity index (χ3n) is 3.69. The van der Waals surface area contributed by atoms with E-state index in [-0.39, 0.29) is 18.2 Å². The van der Waals surface area contributed by atoms with E-state index < -0.39 is 0 Å². The van der Waals surface area contributed by atoms with E-state index in [1.807, 2.05) is 24.3 Å². The average Bonchev–Trinajstić information content (AvgIpc) is 2.36. The predicted octanol–water partition coefficient (Wildman–Crippen LogP) is 1.45. The van der Waals surface area contributed by atoms with Crippen molar-refractivity contribution >= 4 is 5.69 Å². The second-order valence-electron chi connectivity index (χ2n) is 5.84. The molecule has 1 saturated heterocycles. The van der Waals surface area contributed by atoms with Crippen LogP contribution in [0.25, 0.3) is 0 Å². The van der Waals surface area contributed by atoms with E-state index in [2.05, 4.69) is 36.8 Å². The smallest absolute Gasteiger partial charge is 0.101 e. The molecule has 1 aromatic rings. The SMILES string of the molecule is CN1CC(CO)N(c2ccccc2C#N)C(C)(C)C1. The van der Waals surface area contributed by atoms with Crippen LogP contribution in [0.5, 0.6) is 0 Å². The number of piperazine rings is 1. The number of likely N-dealkylation sites (N-methyl/N-ethyl adjacent to an activating group) is 1. The minimum Gasteiger partial charge on any atom is -0.394 e. The van der Waals surface area contributed by atoms with Crippen LogP contribution in [-0.4, -0.2) is 48.3 Å². The Bertz CT molecular complexity index is 492.